The lowest BCUT2D eigenvalue weighted by molar-refractivity contribution is 1.22. The third-order valence-corrected chi connectivity index (χ3v) is 2.15. The van der Waals surface area contributed by atoms with Crippen LogP contribution in [-0.2, 0) is 0 Å². The lowest BCUT2D eigenvalue weighted by Gasteiger charge is -2.10. The van der Waals surface area contributed by atoms with Gasteiger partial charge in [-0.25, -0.2) is 0 Å². The maximum absolute atomic E-state index is 5.45. The Hall–Kier alpha value is -1.48. The normalized spacial score (nSPS) is 9.69. The van der Waals surface area contributed by atoms with Gasteiger partial charge < -0.3 is 0 Å². The summed E-state index contributed by atoms with van der Waals surface area (Å²) in [6.45, 7) is 7.78. The summed E-state index contributed by atoms with van der Waals surface area (Å²) >= 11 is 0. The Morgan fingerprint density at radius 2 is 2.23 bits per heavy atom. The summed E-state index contributed by atoms with van der Waals surface area (Å²) in [4.78, 5) is 0. The van der Waals surface area contributed by atoms with E-state index in [0.717, 1.165) is 22.6 Å². The Morgan fingerprint density at radius 1 is 1.54 bits per heavy atom. The van der Waals surface area contributed by atoms with Gasteiger partial charge in [-0.15, -0.1) is 13.0 Å². The molecule has 0 bridgehead atoms. The van der Waals surface area contributed by atoms with Gasteiger partial charge in [-0.3, -0.25) is 0 Å². The highest BCUT2D eigenvalue weighted by molar-refractivity contribution is 5.53. The molecule has 0 spiro atoms. The minimum atomic E-state index is 0.972. The molecule has 13 heavy (non-hydrogen) atoms. The molecule has 0 heterocycles. The first-order valence-corrected chi connectivity index (χ1v) is 4.23. The van der Waals surface area contributed by atoms with E-state index in [9.17, 15) is 0 Å². The van der Waals surface area contributed by atoms with Gasteiger partial charge in [0.25, 0.3) is 0 Å². The number of terminal acetylenes is 1. The molecule has 65 valence electrons. The first-order chi connectivity index (χ1) is 6.20. The zero-order valence-electron chi connectivity index (χ0n) is 8.09. The molecule has 0 aliphatic heterocycles. The van der Waals surface area contributed by atoms with E-state index in [4.69, 9.17) is 6.42 Å². The molecule has 0 aromatic heterocycles. The summed E-state index contributed by atoms with van der Waals surface area (Å²) < 4.78 is 0. The summed E-state index contributed by atoms with van der Waals surface area (Å²) in [6.07, 6.45) is 7.28. The van der Waals surface area contributed by atoms with Crippen molar-refractivity contribution in [1.29, 1.82) is 0 Å². The maximum atomic E-state index is 5.45. The molecule has 0 unspecified atom stereocenters. The van der Waals surface area contributed by atoms with Crippen molar-refractivity contribution in [2.45, 2.75) is 13.8 Å². The Kier molecular flexibility index (Phi) is 2.93. The molecule has 1 aromatic carbocycles. The predicted molar refractivity (Wildman–Crippen MR) is 57.3 cm³/mol. The number of rotatable bonds is 2. The molecule has 0 nitrogen and oxygen atoms in total. The first kappa shape index (κ1) is 9.61. The standard InChI is InChI=1S/C13H13/c1-5-10(3)13-9-7-8-11(4)12(13)6-2/h2,5,7-9H,1H2,3-4H3. The van der Waals surface area contributed by atoms with Crippen LogP contribution in [0.5, 0.6) is 0 Å². The molecular formula is C13H13. The van der Waals surface area contributed by atoms with Gasteiger partial charge in [0, 0.05) is 11.5 Å². The van der Waals surface area contributed by atoms with Crippen LogP contribution in [0, 0.1) is 25.2 Å². The second-order valence-corrected chi connectivity index (χ2v) is 3.03. The number of allylic oxidation sites excluding steroid dienone is 1. The van der Waals surface area contributed by atoms with Crippen molar-refractivity contribution in [2.75, 3.05) is 0 Å². The van der Waals surface area contributed by atoms with E-state index in [1.54, 1.807) is 0 Å². The molecule has 1 rings (SSSR count). The average Bonchev–Trinajstić information content (AvgIpc) is 2.16. The first-order valence-electron chi connectivity index (χ1n) is 4.23. The third-order valence-electron chi connectivity index (χ3n) is 2.15. The van der Waals surface area contributed by atoms with E-state index >= 15 is 0 Å². The van der Waals surface area contributed by atoms with Crippen molar-refractivity contribution in [2.24, 2.45) is 0 Å². The highest BCUT2D eigenvalue weighted by Crippen LogP contribution is 2.21. The monoisotopic (exact) mass is 169 g/mol. The van der Waals surface area contributed by atoms with E-state index in [2.05, 4.69) is 12.5 Å². The van der Waals surface area contributed by atoms with E-state index in [1.165, 1.54) is 0 Å². The Labute approximate surface area is 80.3 Å². The van der Waals surface area contributed by atoms with Crippen LogP contribution in [0.3, 0.4) is 0 Å². The third kappa shape index (κ3) is 1.81. The molecule has 0 heteroatoms. The number of hydrogen-bond acceptors (Lipinski definition) is 0. The Morgan fingerprint density at radius 3 is 2.77 bits per heavy atom. The van der Waals surface area contributed by atoms with Crippen LogP contribution < -0.4 is 0 Å². The van der Waals surface area contributed by atoms with E-state index in [1.807, 2.05) is 38.1 Å². The molecule has 0 saturated heterocycles. The fourth-order valence-corrected chi connectivity index (χ4v) is 1.30. The number of benzene rings is 1. The molecule has 0 amide bonds. The SMILES string of the molecule is C#Cc1c(C)cccc1[C](C)C=C. The molecular weight excluding hydrogens is 156 g/mol. The van der Waals surface area contributed by atoms with Crippen molar-refractivity contribution in [3.63, 3.8) is 0 Å². The van der Waals surface area contributed by atoms with Crippen LogP contribution in [0.4, 0.5) is 0 Å². The van der Waals surface area contributed by atoms with Crippen molar-refractivity contribution < 1.29 is 0 Å². The predicted octanol–water partition coefficient (Wildman–Crippen LogP) is 3.10. The lowest BCUT2D eigenvalue weighted by atomic mass is 9.93. The number of hydrogen-bond donors (Lipinski definition) is 0. The van der Waals surface area contributed by atoms with Crippen LogP contribution >= 0.6 is 0 Å². The van der Waals surface area contributed by atoms with Crippen molar-refractivity contribution in [1.82, 2.24) is 0 Å². The molecule has 0 N–H and O–H groups in total. The summed E-state index contributed by atoms with van der Waals surface area (Å²) in [5.41, 5.74) is 3.22. The Balaban J connectivity index is 3.29. The molecule has 0 aliphatic carbocycles. The van der Waals surface area contributed by atoms with Crippen molar-refractivity contribution in [3.05, 3.63) is 53.5 Å². The fraction of sp³-hybridized carbons (Fsp3) is 0.154. The highest BCUT2D eigenvalue weighted by Gasteiger charge is 2.07. The zero-order chi connectivity index (χ0) is 9.84. The van der Waals surface area contributed by atoms with Gasteiger partial charge in [0.05, 0.1) is 0 Å². The minimum absolute atomic E-state index is 0.972. The largest absolute Gasteiger partial charge is 0.115 e. The maximum Gasteiger partial charge on any atom is 0.0313 e. The van der Waals surface area contributed by atoms with E-state index in [0.29, 0.717) is 0 Å². The smallest absolute Gasteiger partial charge is 0.0313 e. The zero-order valence-corrected chi connectivity index (χ0v) is 8.09. The second kappa shape index (κ2) is 3.96. The molecule has 0 fully saturated rings. The van der Waals surface area contributed by atoms with Gasteiger partial charge in [-0.05, 0) is 18.1 Å². The molecule has 1 radical (unpaired) electrons. The molecule has 0 atom stereocenters. The summed E-state index contributed by atoms with van der Waals surface area (Å²) in [7, 11) is 0. The topological polar surface area (TPSA) is 0 Å². The van der Waals surface area contributed by atoms with Crippen molar-refractivity contribution in [3.8, 4) is 12.3 Å². The van der Waals surface area contributed by atoms with Crippen LogP contribution in [0.25, 0.3) is 0 Å². The van der Waals surface area contributed by atoms with Gasteiger partial charge >= 0.3 is 0 Å². The quantitative estimate of drug-likeness (QED) is 0.597. The lowest BCUT2D eigenvalue weighted by Crippen LogP contribution is -1.96. The summed E-state index contributed by atoms with van der Waals surface area (Å²) in [6, 6.07) is 6.06. The Bertz CT molecular complexity index is 353. The molecule has 1 aromatic rings. The van der Waals surface area contributed by atoms with E-state index in [-0.39, 0.29) is 0 Å². The van der Waals surface area contributed by atoms with Crippen LogP contribution in [0.15, 0.2) is 30.9 Å². The van der Waals surface area contributed by atoms with Gasteiger partial charge in [0.1, 0.15) is 0 Å². The van der Waals surface area contributed by atoms with Crippen LogP contribution in [-0.4, -0.2) is 0 Å². The molecule has 0 aliphatic rings. The van der Waals surface area contributed by atoms with Gasteiger partial charge in [0.15, 0.2) is 0 Å². The highest BCUT2D eigenvalue weighted by atomic mass is 14.1. The van der Waals surface area contributed by atoms with Crippen LogP contribution in [0.2, 0.25) is 0 Å². The summed E-state index contributed by atoms with van der Waals surface area (Å²) in [5.74, 6) is 3.83. The fourth-order valence-electron chi connectivity index (χ4n) is 1.30. The van der Waals surface area contributed by atoms with E-state index < -0.39 is 0 Å². The van der Waals surface area contributed by atoms with Crippen LogP contribution in [0.1, 0.15) is 23.6 Å². The summed E-state index contributed by atoms with van der Waals surface area (Å²) in [5, 5.41) is 0. The molecule has 0 saturated carbocycles. The number of aryl methyl sites for hydroxylation is 1. The minimum Gasteiger partial charge on any atom is -0.115 e. The van der Waals surface area contributed by atoms with Gasteiger partial charge in [0.2, 0.25) is 0 Å². The van der Waals surface area contributed by atoms with Crippen molar-refractivity contribution >= 4 is 0 Å². The van der Waals surface area contributed by atoms with Gasteiger partial charge in [-0.1, -0.05) is 37.1 Å². The average molecular weight is 169 g/mol. The second-order valence-electron chi connectivity index (χ2n) is 3.03. The van der Waals surface area contributed by atoms with Gasteiger partial charge in [-0.2, -0.15) is 0 Å².